The van der Waals surface area contributed by atoms with Crippen molar-refractivity contribution < 1.29 is 64.6 Å². The number of nitrogens with one attached hydrogen (secondary N) is 1. The highest BCUT2D eigenvalue weighted by Gasteiger charge is 2.50. The molecule has 12 atom stereocenters. The summed E-state index contributed by atoms with van der Waals surface area (Å²) in [5, 5.41) is 86.0. The van der Waals surface area contributed by atoms with Gasteiger partial charge in [-0.3, -0.25) is 4.79 Å². The molecule has 1 amide bonds. The van der Waals surface area contributed by atoms with Gasteiger partial charge in [0.25, 0.3) is 0 Å². The average Bonchev–Trinajstić information content (AvgIpc) is 3.15. The van der Waals surface area contributed by atoms with Crippen molar-refractivity contribution in [2.75, 3.05) is 19.8 Å². The molecule has 0 aromatic carbocycles. The standard InChI is InChI=1S/C39H73NO13/c1-3-5-7-9-11-13-14-15-16-18-20-22-28(43)27(40-31(44)23-21-19-17-12-10-8-6-4-2)26-50-38-36(49)34(47)37(30(25-42)52-38)53-39-35(48)33(46)32(45)29(24-41)51-39/h20,22,27-30,32-39,41-43,45-49H,3-19,21,23-26H2,1-2H3,(H,40,44)/b22-20+. The third-order valence-electron chi connectivity index (χ3n) is 10.2. The van der Waals surface area contributed by atoms with Crippen molar-refractivity contribution in [3.63, 3.8) is 0 Å². The van der Waals surface area contributed by atoms with E-state index in [4.69, 9.17) is 18.9 Å². The highest BCUT2D eigenvalue weighted by molar-refractivity contribution is 5.76. The lowest BCUT2D eigenvalue weighted by atomic mass is 9.97. The first-order chi connectivity index (χ1) is 25.6. The van der Waals surface area contributed by atoms with Gasteiger partial charge < -0.3 is 65.1 Å². The number of ether oxygens (including phenoxy) is 4. The minimum absolute atomic E-state index is 0.248. The number of rotatable bonds is 29. The summed E-state index contributed by atoms with van der Waals surface area (Å²) < 4.78 is 22.5. The van der Waals surface area contributed by atoms with Crippen molar-refractivity contribution in [3.05, 3.63) is 12.2 Å². The number of allylic oxidation sites excluding steroid dienone is 1. The average molecular weight is 764 g/mol. The summed E-state index contributed by atoms with van der Waals surface area (Å²) in [7, 11) is 0. The minimum atomic E-state index is -1.78. The lowest BCUT2D eigenvalue weighted by Crippen LogP contribution is -2.65. The van der Waals surface area contributed by atoms with Crippen LogP contribution in [0.1, 0.15) is 136 Å². The molecule has 0 saturated carbocycles. The summed E-state index contributed by atoms with van der Waals surface area (Å²) in [6.45, 7) is 2.69. The zero-order chi connectivity index (χ0) is 39.0. The Morgan fingerprint density at radius 2 is 1.17 bits per heavy atom. The molecule has 0 aliphatic carbocycles. The first-order valence-corrected chi connectivity index (χ1v) is 20.4. The predicted molar refractivity (Wildman–Crippen MR) is 199 cm³/mol. The van der Waals surface area contributed by atoms with Gasteiger partial charge in [0.05, 0.1) is 32.0 Å². The maximum absolute atomic E-state index is 13.0. The number of aliphatic hydroxyl groups is 8. The topological polar surface area (TPSA) is 228 Å². The summed E-state index contributed by atoms with van der Waals surface area (Å²) in [4.78, 5) is 13.0. The summed E-state index contributed by atoms with van der Waals surface area (Å²) in [6, 6.07) is -0.903. The van der Waals surface area contributed by atoms with Crippen LogP contribution in [-0.4, -0.2) is 140 Å². The van der Waals surface area contributed by atoms with E-state index in [1.807, 2.05) is 6.08 Å². The fraction of sp³-hybridized carbons (Fsp3) is 0.923. The molecule has 9 N–H and O–H groups in total. The van der Waals surface area contributed by atoms with E-state index in [1.54, 1.807) is 6.08 Å². The van der Waals surface area contributed by atoms with E-state index < -0.39 is 86.8 Å². The van der Waals surface area contributed by atoms with E-state index in [9.17, 15) is 45.6 Å². The number of unbranched alkanes of at least 4 members (excludes halogenated alkanes) is 16. The zero-order valence-corrected chi connectivity index (χ0v) is 32.3. The van der Waals surface area contributed by atoms with Gasteiger partial charge in [-0.1, -0.05) is 122 Å². The number of carbonyl (C=O) groups is 1. The molecule has 0 radical (unpaired) electrons. The normalized spacial score (nSPS) is 30.5. The molecule has 0 aromatic heterocycles. The molecule has 0 aromatic rings. The fourth-order valence-corrected chi connectivity index (χ4v) is 6.76. The summed E-state index contributed by atoms with van der Waals surface area (Å²) in [5.74, 6) is -0.248. The molecule has 2 saturated heterocycles. The predicted octanol–water partition coefficient (Wildman–Crippen LogP) is 2.48. The van der Waals surface area contributed by atoms with Crippen LogP contribution in [0.15, 0.2) is 12.2 Å². The summed E-state index contributed by atoms with van der Waals surface area (Å²) in [6.07, 6.45) is 7.17. The number of amides is 1. The van der Waals surface area contributed by atoms with Gasteiger partial charge in [-0.05, 0) is 19.3 Å². The van der Waals surface area contributed by atoms with Crippen LogP contribution in [0.25, 0.3) is 0 Å². The van der Waals surface area contributed by atoms with Crippen molar-refractivity contribution in [1.82, 2.24) is 5.32 Å². The first-order valence-electron chi connectivity index (χ1n) is 20.4. The van der Waals surface area contributed by atoms with E-state index in [0.29, 0.717) is 6.42 Å². The van der Waals surface area contributed by atoms with Crippen LogP contribution in [0.2, 0.25) is 0 Å². The van der Waals surface area contributed by atoms with Crippen LogP contribution in [-0.2, 0) is 23.7 Å². The summed E-state index contributed by atoms with van der Waals surface area (Å²) >= 11 is 0. The molecule has 2 rings (SSSR count). The second kappa shape index (κ2) is 28.2. The number of aliphatic hydroxyl groups excluding tert-OH is 8. The molecule has 2 fully saturated rings. The first kappa shape index (κ1) is 47.9. The Bertz CT molecular complexity index is 956. The molecule has 14 nitrogen and oxygen atoms in total. The van der Waals surface area contributed by atoms with Gasteiger partial charge in [-0.2, -0.15) is 0 Å². The molecule has 0 bridgehead atoms. The zero-order valence-electron chi connectivity index (χ0n) is 32.3. The van der Waals surface area contributed by atoms with E-state index in [2.05, 4.69) is 19.2 Å². The Hall–Kier alpha value is -1.27. The quantitative estimate of drug-likeness (QED) is 0.0395. The molecule has 2 heterocycles. The fourth-order valence-electron chi connectivity index (χ4n) is 6.76. The Balaban J connectivity index is 1.96. The van der Waals surface area contributed by atoms with Gasteiger partial charge in [0.15, 0.2) is 12.6 Å². The van der Waals surface area contributed by atoms with Gasteiger partial charge in [-0.25, -0.2) is 0 Å². The van der Waals surface area contributed by atoms with Crippen LogP contribution in [0.3, 0.4) is 0 Å². The van der Waals surface area contributed by atoms with Crippen molar-refractivity contribution in [1.29, 1.82) is 0 Å². The van der Waals surface area contributed by atoms with Gasteiger partial charge in [0, 0.05) is 6.42 Å². The second-order valence-corrected chi connectivity index (χ2v) is 14.8. The molecular formula is C39H73NO13. The van der Waals surface area contributed by atoms with Crippen LogP contribution < -0.4 is 5.32 Å². The molecule has 0 spiro atoms. The van der Waals surface area contributed by atoms with Crippen molar-refractivity contribution in [3.8, 4) is 0 Å². The van der Waals surface area contributed by atoms with Crippen LogP contribution >= 0.6 is 0 Å². The Morgan fingerprint density at radius 3 is 1.74 bits per heavy atom. The number of carbonyl (C=O) groups excluding carboxylic acids is 1. The van der Waals surface area contributed by atoms with Crippen molar-refractivity contribution in [2.45, 2.75) is 209 Å². The molecule has 2 aliphatic heterocycles. The third-order valence-corrected chi connectivity index (χ3v) is 10.2. The van der Waals surface area contributed by atoms with Gasteiger partial charge in [0.1, 0.15) is 48.8 Å². The van der Waals surface area contributed by atoms with Crippen LogP contribution in [0, 0.1) is 0 Å². The van der Waals surface area contributed by atoms with E-state index in [-0.39, 0.29) is 18.9 Å². The molecule has 12 unspecified atom stereocenters. The second-order valence-electron chi connectivity index (χ2n) is 14.8. The Labute approximate surface area is 316 Å². The molecule has 2 aliphatic rings. The Kier molecular flexibility index (Phi) is 25.5. The Morgan fingerprint density at radius 1 is 0.660 bits per heavy atom. The molecular weight excluding hydrogens is 690 g/mol. The van der Waals surface area contributed by atoms with E-state index in [0.717, 1.165) is 38.5 Å². The highest BCUT2D eigenvalue weighted by Crippen LogP contribution is 2.29. The maximum atomic E-state index is 13.0. The smallest absolute Gasteiger partial charge is 0.220 e. The minimum Gasteiger partial charge on any atom is -0.394 e. The number of hydrogen-bond acceptors (Lipinski definition) is 13. The van der Waals surface area contributed by atoms with E-state index >= 15 is 0 Å². The van der Waals surface area contributed by atoms with Crippen molar-refractivity contribution in [2.24, 2.45) is 0 Å². The molecule has 312 valence electrons. The van der Waals surface area contributed by atoms with Gasteiger partial charge in [-0.15, -0.1) is 0 Å². The largest absolute Gasteiger partial charge is 0.394 e. The monoisotopic (exact) mass is 764 g/mol. The SMILES string of the molecule is CCCCCCCCCCC/C=C/C(O)C(COC1OC(CO)C(OC2OC(CO)C(O)C(O)C2O)C(O)C1O)NC(=O)CCCCCCCCCC. The molecule has 14 heteroatoms. The highest BCUT2D eigenvalue weighted by atomic mass is 16.7. The maximum Gasteiger partial charge on any atom is 0.220 e. The van der Waals surface area contributed by atoms with Crippen LogP contribution in [0.5, 0.6) is 0 Å². The van der Waals surface area contributed by atoms with Gasteiger partial charge in [0.2, 0.25) is 5.91 Å². The molecule has 53 heavy (non-hydrogen) atoms. The van der Waals surface area contributed by atoms with E-state index in [1.165, 1.54) is 70.6 Å². The lowest BCUT2D eigenvalue weighted by molar-refractivity contribution is -0.359. The third kappa shape index (κ3) is 17.6. The van der Waals surface area contributed by atoms with Crippen LogP contribution in [0.4, 0.5) is 0 Å². The van der Waals surface area contributed by atoms with Crippen molar-refractivity contribution >= 4 is 5.91 Å². The number of hydrogen-bond donors (Lipinski definition) is 9. The van der Waals surface area contributed by atoms with Gasteiger partial charge >= 0.3 is 0 Å². The summed E-state index contributed by atoms with van der Waals surface area (Å²) in [5.41, 5.74) is 0. The lowest BCUT2D eigenvalue weighted by Gasteiger charge is -2.46.